The van der Waals surface area contributed by atoms with Gasteiger partial charge >= 0.3 is 10.4 Å². The molecule has 0 atom stereocenters. The van der Waals surface area contributed by atoms with Crippen LogP contribution in [-0.4, -0.2) is 54.4 Å². The number of nitrogen functional groups attached to an aromatic ring is 2. The van der Waals surface area contributed by atoms with Gasteiger partial charge in [0.25, 0.3) is 5.69 Å². The Labute approximate surface area is 335 Å². The lowest BCUT2D eigenvalue weighted by Crippen LogP contribution is -2.23. The molecule has 1 aliphatic heterocycles. The smallest absolute Gasteiger partial charge is 0.394 e. The van der Waals surface area contributed by atoms with Gasteiger partial charge in [-0.1, -0.05) is 30.3 Å². The highest BCUT2D eigenvalue weighted by Gasteiger charge is 2.06. The number of non-ortho nitro benzene ring substituents is 1. The fraction of sp³-hybridized carbons (Fsp3) is 0.0833. The normalized spacial score (nSPS) is 11.2. The van der Waals surface area contributed by atoms with Gasteiger partial charge in [0.05, 0.1) is 16.8 Å². The molecule has 0 aliphatic carbocycles. The van der Waals surface area contributed by atoms with Crippen molar-refractivity contribution in [3.63, 3.8) is 0 Å². The number of anilines is 2. The molecule has 19 nitrogen and oxygen atoms in total. The molecule has 0 saturated carbocycles. The summed E-state index contributed by atoms with van der Waals surface area (Å²) < 4.78 is 39.4. The van der Waals surface area contributed by atoms with Gasteiger partial charge in [-0.05, 0) is 107 Å². The van der Waals surface area contributed by atoms with Crippen LogP contribution in [0.25, 0.3) is 32.3 Å². The molecule has 4 heterocycles. The van der Waals surface area contributed by atoms with Crippen molar-refractivity contribution in [2.75, 3.05) is 18.0 Å². The average Bonchev–Trinajstić information content (AvgIpc) is 3.23. The van der Waals surface area contributed by atoms with Crippen molar-refractivity contribution < 1.29 is 37.9 Å². The van der Waals surface area contributed by atoms with Crippen LogP contribution in [0.4, 0.5) is 28.6 Å². The zero-order chi connectivity index (χ0) is 42.5. The molecular weight excluding hydrogens is 810 g/mol. The van der Waals surface area contributed by atoms with Gasteiger partial charge in [0.15, 0.2) is 5.82 Å². The summed E-state index contributed by atoms with van der Waals surface area (Å²) in [5, 5.41) is 33.8. The van der Waals surface area contributed by atoms with E-state index in [1.165, 1.54) is 29.7 Å². The molecule has 302 valence electrons. The van der Waals surface area contributed by atoms with E-state index in [1.54, 1.807) is 43.1 Å². The summed E-state index contributed by atoms with van der Waals surface area (Å²) in [6.07, 6.45) is 9.67. The van der Waals surface area contributed by atoms with Crippen LogP contribution in [0.1, 0.15) is 11.1 Å². The minimum atomic E-state index is -4.67. The van der Waals surface area contributed by atoms with Crippen molar-refractivity contribution >= 4 is 89.3 Å². The zero-order valence-electron chi connectivity index (χ0n) is 30.2. The topological polar surface area (TPSA) is 307 Å². The molecular formula is C36H38N10O9P2S. The number of nitro benzene ring substituents is 1. The van der Waals surface area contributed by atoms with E-state index in [4.69, 9.17) is 39.5 Å². The SMILES string of the molecule is Nc1ccc2c(N=P)nccc2c1.Nc1ccc2cncc(N=P)c2c1.O=S(=O)(O)O.O=[N+]([O-])c1ccc2cnccc2c1.ONOO.c1ccc2c(c1)CCNC2. The third kappa shape index (κ3) is 15.8. The number of hydrogen-bond acceptors (Lipinski definition) is 16. The van der Waals surface area contributed by atoms with Crippen LogP contribution in [0, 0.1) is 10.1 Å². The summed E-state index contributed by atoms with van der Waals surface area (Å²) >= 11 is 0. The number of nitro groups is 1. The van der Waals surface area contributed by atoms with E-state index in [9.17, 15) is 10.1 Å². The molecule has 4 aromatic carbocycles. The first-order valence-electron chi connectivity index (χ1n) is 16.4. The van der Waals surface area contributed by atoms with Crippen LogP contribution < -0.4 is 22.4 Å². The fourth-order valence-electron chi connectivity index (χ4n) is 5.13. The molecule has 3 aromatic heterocycles. The molecule has 0 saturated heterocycles. The highest BCUT2D eigenvalue weighted by Crippen LogP contribution is 2.27. The molecule has 8 rings (SSSR count). The van der Waals surface area contributed by atoms with Crippen LogP contribution in [0.5, 0.6) is 0 Å². The summed E-state index contributed by atoms with van der Waals surface area (Å²) in [5.74, 6) is 0.675. The van der Waals surface area contributed by atoms with E-state index in [1.807, 2.05) is 42.5 Å². The number of pyridine rings is 3. The van der Waals surface area contributed by atoms with E-state index in [-0.39, 0.29) is 5.69 Å². The van der Waals surface area contributed by atoms with Gasteiger partial charge < -0.3 is 16.8 Å². The van der Waals surface area contributed by atoms with Crippen molar-refractivity contribution in [3.05, 3.63) is 143 Å². The predicted molar refractivity (Wildman–Crippen MR) is 226 cm³/mol. The molecule has 1 aliphatic rings. The standard InChI is InChI=1S/2C9H8N3P.C9H6N2O2.C9H11N.H3NO3.H2O4S/c10-7-2-1-6-4-11-5-9(12-13)8(6)3-7;10-7-1-2-8-6(5-7)3-4-11-9(8)12-13;12-11(13)9-2-1-8-6-10-4-3-7(8)5-9;1-2-4-9-7-10-6-5-8(9)3-1;2-1-4-3;1-5(2,3)4/h2*1-5,13H,10H2;1-6H;1-4,10H,5-7H2;1-3H;(H2,1,2,3,4). The Morgan fingerprint density at radius 1 is 0.793 bits per heavy atom. The van der Waals surface area contributed by atoms with Crippen molar-refractivity contribution in [1.82, 2.24) is 25.9 Å². The Kier molecular flexibility index (Phi) is 19.1. The van der Waals surface area contributed by atoms with Crippen LogP contribution in [-0.2, 0) is 28.4 Å². The first-order valence-corrected chi connectivity index (χ1v) is 18.7. The largest absolute Gasteiger partial charge is 0.399 e. The van der Waals surface area contributed by atoms with Gasteiger partial charge in [-0.15, -0.1) is 4.99 Å². The number of nitrogens with one attached hydrogen (secondary N) is 2. The number of aromatic nitrogens is 3. The Morgan fingerprint density at radius 2 is 1.43 bits per heavy atom. The molecule has 58 heavy (non-hydrogen) atoms. The molecule has 0 amide bonds. The van der Waals surface area contributed by atoms with E-state index in [0.29, 0.717) is 5.82 Å². The van der Waals surface area contributed by atoms with Gasteiger partial charge in [-0.3, -0.25) is 34.4 Å². The lowest BCUT2D eigenvalue weighted by molar-refractivity contribution is -0.384. The second-order valence-corrected chi connectivity index (χ2v) is 12.8. The van der Waals surface area contributed by atoms with Gasteiger partial charge in [-0.25, -0.2) is 19.7 Å². The number of rotatable bonds is 4. The quantitative estimate of drug-likeness (QED) is 0.0210. The highest BCUT2D eigenvalue weighted by molar-refractivity contribution is 7.79. The van der Waals surface area contributed by atoms with Crippen LogP contribution in [0.2, 0.25) is 0 Å². The van der Waals surface area contributed by atoms with Crippen LogP contribution >= 0.6 is 18.1 Å². The van der Waals surface area contributed by atoms with Gasteiger partial charge in [0.1, 0.15) is 0 Å². The summed E-state index contributed by atoms with van der Waals surface area (Å²) in [6.45, 7) is 2.19. The van der Waals surface area contributed by atoms with Crippen LogP contribution in [0.15, 0.2) is 131 Å². The maximum Gasteiger partial charge on any atom is 0.394 e. The van der Waals surface area contributed by atoms with Crippen molar-refractivity contribution in [2.45, 2.75) is 13.0 Å². The Bertz CT molecular complexity index is 2540. The molecule has 0 spiro atoms. The molecule has 7 aromatic rings. The lowest BCUT2D eigenvalue weighted by Gasteiger charge is -2.15. The molecule has 0 fully saturated rings. The Morgan fingerprint density at radius 3 is 2.09 bits per heavy atom. The lowest BCUT2D eigenvalue weighted by atomic mass is 10.0. The number of benzene rings is 4. The van der Waals surface area contributed by atoms with E-state index in [0.717, 1.165) is 68.1 Å². The second kappa shape index (κ2) is 23.9. The predicted octanol–water partition coefficient (Wildman–Crippen LogP) is 7.74. The molecule has 0 unspecified atom stereocenters. The third-order valence-electron chi connectivity index (χ3n) is 7.64. The van der Waals surface area contributed by atoms with Gasteiger partial charge in [0, 0.05) is 76.4 Å². The number of nitrogens with zero attached hydrogens (tertiary/aromatic N) is 6. The molecule has 0 radical (unpaired) electrons. The highest BCUT2D eigenvalue weighted by atomic mass is 32.3. The van der Waals surface area contributed by atoms with Gasteiger partial charge in [0.2, 0.25) is 0 Å². The maximum atomic E-state index is 10.4. The summed E-state index contributed by atoms with van der Waals surface area (Å²) in [6, 6.07) is 28.3. The van der Waals surface area contributed by atoms with E-state index >= 15 is 0 Å². The number of fused-ring (bicyclic) bond motifs is 4. The fourth-order valence-corrected chi connectivity index (χ4v) is 5.49. The van der Waals surface area contributed by atoms with Crippen molar-refractivity contribution in [2.24, 2.45) is 9.49 Å². The molecule has 0 bridgehead atoms. The summed E-state index contributed by atoms with van der Waals surface area (Å²) in [4.78, 5) is 24.9. The monoisotopic (exact) mass is 848 g/mol. The summed E-state index contributed by atoms with van der Waals surface area (Å²) in [5.41, 5.74) is 17.7. The average molecular weight is 849 g/mol. The van der Waals surface area contributed by atoms with Crippen LogP contribution in [0.3, 0.4) is 0 Å². The van der Waals surface area contributed by atoms with Crippen molar-refractivity contribution in [3.8, 4) is 0 Å². The van der Waals surface area contributed by atoms with Gasteiger partial charge in [-0.2, -0.15) is 8.42 Å². The zero-order valence-corrected chi connectivity index (χ0v) is 33.1. The second-order valence-electron chi connectivity index (χ2n) is 11.5. The minimum Gasteiger partial charge on any atom is -0.399 e. The minimum absolute atomic E-state index is 0.110. The summed E-state index contributed by atoms with van der Waals surface area (Å²) in [7, 11) is 1.51. The first kappa shape index (κ1) is 46.4. The molecule has 22 heteroatoms. The van der Waals surface area contributed by atoms with E-state index in [2.05, 4.69) is 77.1 Å². The van der Waals surface area contributed by atoms with E-state index < -0.39 is 15.3 Å². The van der Waals surface area contributed by atoms with Crippen molar-refractivity contribution in [1.29, 1.82) is 0 Å². The number of nitrogens with two attached hydrogens (primary N) is 2. The molecule has 10 N–H and O–H groups in total. The third-order valence-corrected chi connectivity index (χ3v) is 8.09. The first-order chi connectivity index (χ1) is 27.8. The Balaban J connectivity index is 0.000000194. The maximum absolute atomic E-state index is 10.4. The number of hydrogen-bond donors (Lipinski definition) is 8. The Hall–Kier alpha value is -6.02.